The summed E-state index contributed by atoms with van der Waals surface area (Å²) in [5.41, 5.74) is 3.69. The number of nitrogens with zero attached hydrogens (tertiary/aromatic N) is 1. The molecular weight excluding hydrogens is 338 g/mol. The molecule has 0 atom stereocenters. The maximum absolute atomic E-state index is 11.8. The lowest BCUT2D eigenvalue weighted by Gasteiger charge is -2.05. The average molecular weight is 355 g/mol. The summed E-state index contributed by atoms with van der Waals surface area (Å²) in [6.45, 7) is 0.362. The van der Waals surface area contributed by atoms with Gasteiger partial charge in [0.05, 0.1) is 13.3 Å². The Morgan fingerprint density at radius 3 is 2.85 bits per heavy atom. The van der Waals surface area contributed by atoms with Crippen molar-refractivity contribution in [2.75, 3.05) is 13.9 Å². The lowest BCUT2D eigenvalue weighted by Crippen LogP contribution is -2.37. The predicted octanol–water partition coefficient (Wildman–Crippen LogP) is 1.19. The van der Waals surface area contributed by atoms with Gasteiger partial charge < -0.3 is 19.5 Å². The van der Waals surface area contributed by atoms with E-state index >= 15 is 0 Å². The molecule has 0 bridgehead atoms. The highest BCUT2D eigenvalue weighted by atomic mass is 16.7. The van der Waals surface area contributed by atoms with Gasteiger partial charge in [0.1, 0.15) is 5.75 Å². The summed E-state index contributed by atoms with van der Waals surface area (Å²) in [5, 5.41) is 6.28. The molecule has 1 aliphatic heterocycles. The maximum atomic E-state index is 11.8. The number of amides is 2. The molecule has 8 nitrogen and oxygen atoms in total. The molecule has 1 heterocycles. The smallest absolute Gasteiger partial charge is 0.329 e. The SMILES string of the molecule is COc1cccc(/C=N/NC(=O)C(=O)NCc2ccc3c(c2)OCO3)c1. The van der Waals surface area contributed by atoms with E-state index in [4.69, 9.17) is 14.2 Å². The topological polar surface area (TPSA) is 98.2 Å². The molecule has 0 spiro atoms. The zero-order chi connectivity index (χ0) is 18.4. The van der Waals surface area contributed by atoms with Gasteiger partial charge in [-0.2, -0.15) is 5.10 Å². The van der Waals surface area contributed by atoms with Crippen LogP contribution < -0.4 is 25.0 Å². The van der Waals surface area contributed by atoms with E-state index < -0.39 is 11.8 Å². The van der Waals surface area contributed by atoms with Crippen LogP contribution in [0.5, 0.6) is 17.2 Å². The molecule has 0 aliphatic carbocycles. The highest BCUT2D eigenvalue weighted by Crippen LogP contribution is 2.32. The monoisotopic (exact) mass is 355 g/mol. The fraction of sp³-hybridized carbons (Fsp3) is 0.167. The Hall–Kier alpha value is -3.55. The molecule has 0 saturated heterocycles. The standard InChI is InChI=1S/C18H17N3O5/c1-24-14-4-2-3-12(7-14)10-20-21-18(23)17(22)19-9-13-5-6-15-16(8-13)26-11-25-15/h2-8,10H,9,11H2,1H3,(H,19,22)(H,21,23)/b20-10+. The molecule has 3 rings (SSSR count). The maximum Gasteiger partial charge on any atom is 0.329 e. The van der Waals surface area contributed by atoms with Crippen molar-refractivity contribution in [2.45, 2.75) is 6.54 Å². The molecule has 0 fully saturated rings. The van der Waals surface area contributed by atoms with Crippen LogP contribution in [-0.4, -0.2) is 31.9 Å². The first-order valence-corrected chi connectivity index (χ1v) is 7.79. The number of benzene rings is 2. The first-order valence-electron chi connectivity index (χ1n) is 7.79. The second kappa shape index (κ2) is 8.02. The molecule has 0 unspecified atom stereocenters. The van der Waals surface area contributed by atoms with Crippen LogP contribution in [0.15, 0.2) is 47.6 Å². The fourth-order valence-electron chi connectivity index (χ4n) is 2.25. The highest BCUT2D eigenvalue weighted by molar-refractivity contribution is 6.35. The number of carbonyl (C=O) groups excluding carboxylic acids is 2. The van der Waals surface area contributed by atoms with Gasteiger partial charge in [0.25, 0.3) is 0 Å². The lowest BCUT2D eigenvalue weighted by atomic mass is 10.2. The van der Waals surface area contributed by atoms with E-state index in [0.29, 0.717) is 17.2 Å². The van der Waals surface area contributed by atoms with Gasteiger partial charge in [0, 0.05) is 6.54 Å². The van der Waals surface area contributed by atoms with Crippen molar-refractivity contribution >= 4 is 18.0 Å². The van der Waals surface area contributed by atoms with Crippen molar-refractivity contribution in [3.05, 3.63) is 53.6 Å². The molecular formula is C18H17N3O5. The summed E-state index contributed by atoms with van der Waals surface area (Å²) >= 11 is 0. The Bertz CT molecular complexity index is 850. The number of ether oxygens (including phenoxy) is 3. The summed E-state index contributed by atoms with van der Waals surface area (Å²) in [6, 6.07) is 12.4. The third-order valence-electron chi connectivity index (χ3n) is 3.57. The van der Waals surface area contributed by atoms with Crippen LogP contribution in [0, 0.1) is 0 Å². The number of nitrogens with one attached hydrogen (secondary N) is 2. The summed E-state index contributed by atoms with van der Waals surface area (Å²) in [4.78, 5) is 23.6. The number of hydrogen-bond donors (Lipinski definition) is 2. The molecule has 26 heavy (non-hydrogen) atoms. The molecule has 2 amide bonds. The molecule has 2 aromatic rings. The van der Waals surface area contributed by atoms with Gasteiger partial charge in [0.15, 0.2) is 11.5 Å². The predicted molar refractivity (Wildman–Crippen MR) is 93.1 cm³/mol. The van der Waals surface area contributed by atoms with Gasteiger partial charge in [-0.3, -0.25) is 9.59 Å². The third kappa shape index (κ3) is 4.29. The van der Waals surface area contributed by atoms with Crippen LogP contribution in [0.2, 0.25) is 0 Å². The van der Waals surface area contributed by atoms with Crippen molar-refractivity contribution in [2.24, 2.45) is 5.10 Å². The number of hydrazone groups is 1. The molecule has 0 radical (unpaired) electrons. The minimum atomic E-state index is -0.857. The molecule has 2 aromatic carbocycles. The molecule has 8 heteroatoms. The molecule has 1 aliphatic rings. The average Bonchev–Trinajstić information content (AvgIpc) is 3.14. The molecule has 0 saturated carbocycles. The van der Waals surface area contributed by atoms with Crippen molar-refractivity contribution < 1.29 is 23.8 Å². The van der Waals surface area contributed by atoms with Gasteiger partial charge in [-0.1, -0.05) is 18.2 Å². The first kappa shape index (κ1) is 17.3. The number of fused-ring (bicyclic) bond motifs is 1. The van der Waals surface area contributed by atoms with Gasteiger partial charge in [-0.25, -0.2) is 5.43 Å². The lowest BCUT2D eigenvalue weighted by molar-refractivity contribution is -0.139. The van der Waals surface area contributed by atoms with Gasteiger partial charge >= 0.3 is 11.8 Å². The Balaban J connectivity index is 1.48. The van der Waals surface area contributed by atoms with Crippen molar-refractivity contribution in [1.82, 2.24) is 10.7 Å². The summed E-state index contributed by atoms with van der Waals surface area (Å²) in [6.07, 6.45) is 1.42. The van der Waals surface area contributed by atoms with Crippen molar-refractivity contribution in [3.63, 3.8) is 0 Å². The minimum absolute atomic E-state index is 0.179. The van der Waals surface area contributed by atoms with E-state index in [1.54, 1.807) is 49.6 Å². The Morgan fingerprint density at radius 1 is 1.15 bits per heavy atom. The summed E-state index contributed by atoms with van der Waals surface area (Å²) in [5.74, 6) is 0.297. The molecule has 134 valence electrons. The van der Waals surface area contributed by atoms with Crippen LogP contribution in [-0.2, 0) is 16.1 Å². The van der Waals surface area contributed by atoms with Crippen LogP contribution in [0.3, 0.4) is 0 Å². The first-order chi connectivity index (χ1) is 12.7. The number of methoxy groups -OCH3 is 1. The van der Waals surface area contributed by atoms with Crippen molar-refractivity contribution in [3.8, 4) is 17.2 Å². The van der Waals surface area contributed by atoms with Gasteiger partial charge in [-0.05, 0) is 35.4 Å². The zero-order valence-corrected chi connectivity index (χ0v) is 14.0. The Labute approximate surface area is 149 Å². The van der Waals surface area contributed by atoms with Crippen LogP contribution >= 0.6 is 0 Å². The minimum Gasteiger partial charge on any atom is -0.497 e. The second-order valence-corrected chi connectivity index (χ2v) is 5.35. The summed E-state index contributed by atoms with van der Waals surface area (Å²) in [7, 11) is 1.56. The van der Waals surface area contributed by atoms with E-state index in [9.17, 15) is 9.59 Å². The van der Waals surface area contributed by atoms with Gasteiger partial charge in [0.2, 0.25) is 6.79 Å². The normalized spacial score (nSPS) is 12.0. The van der Waals surface area contributed by atoms with Crippen molar-refractivity contribution in [1.29, 1.82) is 0 Å². The number of hydrogen-bond acceptors (Lipinski definition) is 6. The molecule has 2 N–H and O–H groups in total. The largest absolute Gasteiger partial charge is 0.497 e. The molecule has 0 aromatic heterocycles. The van der Waals surface area contributed by atoms with Crippen LogP contribution in [0.25, 0.3) is 0 Å². The number of carbonyl (C=O) groups is 2. The van der Waals surface area contributed by atoms with E-state index in [1.165, 1.54) is 6.21 Å². The Morgan fingerprint density at radius 2 is 2.00 bits per heavy atom. The van der Waals surface area contributed by atoms with E-state index in [0.717, 1.165) is 11.1 Å². The Kier molecular flexibility index (Phi) is 5.33. The summed E-state index contributed by atoms with van der Waals surface area (Å²) < 4.78 is 15.6. The van der Waals surface area contributed by atoms with E-state index in [1.807, 2.05) is 0 Å². The van der Waals surface area contributed by atoms with Gasteiger partial charge in [-0.15, -0.1) is 0 Å². The fourth-order valence-corrected chi connectivity index (χ4v) is 2.25. The van der Waals surface area contributed by atoms with E-state index in [2.05, 4.69) is 15.8 Å². The zero-order valence-electron chi connectivity index (χ0n) is 14.0. The quantitative estimate of drug-likeness (QED) is 0.477. The third-order valence-corrected chi connectivity index (χ3v) is 3.57. The van der Waals surface area contributed by atoms with Crippen LogP contribution in [0.1, 0.15) is 11.1 Å². The highest BCUT2D eigenvalue weighted by Gasteiger charge is 2.15. The second-order valence-electron chi connectivity index (χ2n) is 5.35. The van der Waals surface area contributed by atoms with Crippen LogP contribution in [0.4, 0.5) is 0 Å². The number of rotatable bonds is 5. The van der Waals surface area contributed by atoms with E-state index in [-0.39, 0.29) is 13.3 Å².